The molecule has 24 heavy (non-hydrogen) atoms. The van der Waals surface area contributed by atoms with Crippen LogP contribution in [0.5, 0.6) is 0 Å². The van der Waals surface area contributed by atoms with Crippen LogP contribution in [0.1, 0.15) is 12.5 Å². The third-order valence-corrected chi connectivity index (χ3v) is 4.39. The maximum atomic E-state index is 12.5. The van der Waals surface area contributed by atoms with Gasteiger partial charge in [0, 0.05) is 0 Å². The summed E-state index contributed by atoms with van der Waals surface area (Å²) < 4.78 is 5.43. The first-order valence-electron chi connectivity index (χ1n) is 7.02. The molecule has 1 aromatic heterocycles. The van der Waals surface area contributed by atoms with Crippen molar-refractivity contribution in [3.63, 3.8) is 0 Å². The Morgan fingerprint density at radius 1 is 1.29 bits per heavy atom. The van der Waals surface area contributed by atoms with Gasteiger partial charge in [0.15, 0.2) is 11.3 Å². The summed E-state index contributed by atoms with van der Waals surface area (Å²) >= 11 is 1.23. The van der Waals surface area contributed by atoms with Crippen molar-refractivity contribution < 1.29 is 9.21 Å². The Hall–Kier alpha value is -3.00. The molecule has 0 aliphatic carbocycles. The fourth-order valence-corrected chi connectivity index (χ4v) is 3.17. The number of fused-ring (bicyclic) bond motifs is 2. The largest absolute Gasteiger partial charge is 0.463 e. The summed E-state index contributed by atoms with van der Waals surface area (Å²) in [5, 5.41) is 15.1. The Balaban J connectivity index is 1.84. The molecule has 2 aliphatic heterocycles. The van der Waals surface area contributed by atoms with E-state index in [0.29, 0.717) is 21.2 Å². The molecule has 0 atom stereocenters. The van der Waals surface area contributed by atoms with Crippen molar-refractivity contribution in [1.82, 2.24) is 5.01 Å². The second-order valence-electron chi connectivity index (χ2n) is 5.16. The molecule has 1 amide bonds. The lowest BCUT2D eigenvalue weighted by atomic mass is 10.1. The number of rotatable bonds is 1. The van der Waals surface area contributed by atoms with Crippen molar-refractivity contribution in [2.24, 2.45) is 10.1 Å². The molecular formula is C16H10N4O3S. The summed E-state index contributed by atoms with van der Waals surface area (Å²) in [6, 6.07) is 6.85. The van der Waals surface area contributed by atoms with Gasteiger partial charge in [-0.2, -0.15) is 15.1 Å². The van der Waals surface area contributed by atoms with Crippen molar-refractivity contribution in [2.75, 3.05) is 0 Å². The lowest BCUT2D eigenvalue weighted by Gasteiger charge is -2.20. The van der Waals surface area contributed by atoms with Crippen LogP contribution in [0.3, 0.4) is 0 Å². The lowest BCUT2D eigenvalue weighted by Crippen LogP contribution is -2.35. The van der Waals surface area contributed by atoms with E-state index in [2.05, 4.69) is 10.1 Å². The zero-order valence-electron chi connectivity index (χ0n) is 12.4. The van der Waals surface area contributed by atoms with Crippen LogP contribution in [0, 0.1) is 5.41 Å². The first kappa shape index (κ1) is 14.6. The van der Waals surface area contributed by atoms with Crippen molar-refractivity contribution in [3.8, 4) is 0 Å². The van der Waals surface area contributed by atoms with E-state index in [4.69, 9.17) is 9.83 Å². The molecule has 2 aromatic rings. The van der Waals surface area contributed by atoms with Crippen LogP contribution < -0.4 is 5.43 Å². The lowest BCUT2D eigenvalue weighted by molar-refractivity contribution is -0.114. The summed E-state index contributed by atoms with van der Waals surface area (Å²) in [4.78, 5) is 28.7. The van der Waals surface area contributed by atoms with Gasteiger partial charge in [0.2, 0.25) is 5.17 Å². The molecule has 0 radical (unpaired) electrons. The van der Waals surface area contributed by atoms with Crippen LogP contribution in [0.2, 0.25) is 0 Å². The van der Waals surface area contributed by atoms with E-state index in [0.717, 1.165) is 0 Å². The maximum absolute atomic E-state index is 12.5. The number of thioether (sulfide) groups is 1. The Morgan fingerprint density at radius 3 is 2.92 bits per heavy atom. The highest BCUT2D eigenvalue weighted by Gasteiger charge is 2.34. The van der Waals surface area contributed by atoms with Gasteiger partial charge in [-0.3, -0.25) is 15.0 Å². The molecule has 2 aliphatic rings. The SMILES string of the molecule is CC1=NN2C(=N)/C(=C/c3coc4ccccc4c3=O)C(=O)N=C2S1. The predicted molar refractivity (Wildman–Crippen MR) is 93.2 cm³/mol. The number of hydrogen-bond donors (Lipinski definition) is 1. The number of para-hydroxylation sites is 1. The molecule has 4 rings (SSSR count). The first-order valence-corrected chi connectivity index (χ1v) is 7.83. The average Bonchev–Trinajstić information content (AvgIpc) is 2.94. The molecule has 1 N–H and O–H groups in total. The number of benzene rings is 1. The van der Waals surface area contributed by atoms with Gasteiger partial charge < -0.3 is 4.42 Å². The minimum atomic E-state index is -0.573. The number of aliphatic imine (C=N–C) groups is 1. The zero-order chi connectivity index (χ0) is 16.8. The minimum absolute atomic E-state index is 0.000353. The summed E-state index contributed by atoms with van der Waals surface area (Å²) in [5.74, 6) is -0.682. The van der Waals surface area contributed by atoms with Crippen molar-refractivity contribution in [3.05, 3.63) is 51.9 Å². The molecule has 0 bridgehead atoms. The van der Waals surface area contributed by atoms with Crippen LogP contribution in [0.15, 0.2) is 55.4 Å². The van der Waals surface area contributed by atoms with Gasteiger partial charge >= 0.3 is 0 Å². The zero-order valence-corrected chi connectivity index (χ0v) is 13.3. The molecule has 1 aromatic carbocycles. The Labute approximate surface area is 139 Å². The van der Waals surface area contributed by atoms with Crippen molar-refractivity contribution in [2.45, 2.75) is 6.92 Å². The van der Waals surface area contributed by atoms with Crippen LogP contribution in [0.4, 0.5) is 0 Å². The molecule has 3 heterocycles. The summed E-state index contributed by atoms with van der Waals surface area (Å²) in [7, 11) is 0. The molecule has 7 nitrogen and oxygen atoms in total. The minimum Gasteiger partial charge on any atom is -0.463 e. The predicted octanol–water partition coefficient (Wildman–Crippen LogP) is 2.43. The number of amides is 1. The van der Waals surface area contributed by atoms with Crippen LogP contribution in [0.25, 0.3) is 17.0 Å². The number of nitrogens with zero attached hydrogens (tertiary/aromatic N) is 3. The van der Waals surface area contributed by atoms with E-state index in [1.54, 1.807) is 31.2 Å². The second kappa shape index (κ2) is 5.27. The highest BCUT2D eigenvalue weighted by molar-refractivity contribution is 8.26. The van der Waals surface area contributed by atoms with Crippen LogP contribution >= 0.6 is 11.8 Å². The monoisotopic (exact) mass is 338 g/mol. The normalized spacial score (nSPS) is 18.9. The maximum Gasteiger partial charge on any atom is 0.283 e. The van der Waals surface area contributed by atoms with E-state index in [-0.39, 0.29) is 22.4 Å². The van der Waals surface area contributed by atoms with Crippen molar-refractivity contribution in [1.29, 1.82) is 5.41 Å². The molecule has 0 saturated heterocycles. The van der Waals surface area contributed by atoms with Gasteiger partial charge in [-0.05, 0) is 36.9 Å². The van der Waals surface area contributed by atoms with Gasteiger partial charge in [-0.25, -0.2) is 0 Å². The number of carbonyl (C=O) groups excluding carboxylic acids is 1. The summed E-state index contributed by atoms with van der Waals surface area (Å²) in [6.07, 6.45) is 2.61. The standard InChI is InChI=1S/C16H10N4O3S/c1-8-19-20-14(17)11(15(22)18-16(20)24-8)6-9-7-23-12-5-3-2-4-10(12)13(9)21/h2-7,17H,1H3/b11-6-,17-14?. The van der Waals surface area contributed by atoms with E-state index in [1.165, 1.54) is 29.1 Å². The van der Waals surface area contributed by atoms with E-state index < -0.39 is 5.91 Å². The fourth-order valence-electron chi connectivity index (χ4n) is 2.44. The number of amidine groups is 2. The molecule has 8 heteroatoms. The smallest absolute Gasteiger partial charge is 0.283 e. The fraction of sp³-hybridized carbons (Fsp3) is 0.0625. The van der Waals surface area contributed by atoms with E-state index >= 15 is 0 Å². The summed E-state index contributed by atoms with van der Waals surface area (Å²) in [6.45, 7) is 1.77. The highest BCUT2D eigenvalue weighted by atomic mass is 32.2. The first-order chi connectivity index (χ1) is 11.5. The molecule has 0 fully saturated rings. The molecular weight excluding hydrogens is 328 g/mol. The number of carbonyl (C=O) groups is 1. The van der Waals surface area contributed by atoms with E-state index in [9.17, 15) is 9.59 Å². The Morgan fingerprint density at radius 2 is 2.08 bits per heavy atom. The van der Waals surface area contributed by atoms with Crippen LogP contribution in [-0.4, -0.2) is 27.0 Å². The average molecular weight is 338 g/mol. The molecule has 0 saturated carbocycles. The molecule has 118 valence electrons. The van der Waals surface area contributed by atoms with E-state index in [1.807, 2.05) is 0 Å². The number of hydrogen-bond acceptors (Lipinski definition) is 6. The Bertz CT molecular complexity index is 1060. The second-order valence-corrected chi connectivity index (χ2v) is 6.32. The number of hydrazone groups is 1. The van der Waals surface area contributed by atoms with Gasteiger partial charge in [0.05, 0.1) is 21.6 Å². The molecule has 0 spiro atoms. The van der Waals surface area contributed by atoms with Gasteiger partial charge in [0.25, 0.3) is 5.91 Å². The van der Waals surface area contributed by atoms with Gasteiger partial charge in [-0.1, -0.05) is 12.1 Å². The number of nitrogens with one attached hydrogen (secondary N) is 1. The summed E-state index contributed by atoms with van der Waals surface area (Å²) in [5.41, 5.74) is 0.384. The third kappa shape index (κ3) is 2.19. The highest BCUT2D eigenvalue weighted by Crippen LogP contribution is 2.27. The Kier molecular flexibility index (Phi) is 3.20. The molecule has 0 unspecified atom stereocenters. The van der Waals surface area contributed by atoms with Gasteiger partial charge in [-0.15, -0.1) is 0 Å². The van der Waals surface area contributed by atoms with Crippen molar-refractivity contribution >= 4 is 50.8 Å². The van der Waals surface area contributed by atoms with Gasteiger partial charge in [0.1, 0.15) is 11.8 Å². The van der Waals surface area contributed by atoms with Crippen LogP contribution in [-0.2, 0) is 4.79 Å². The quantitative estimate of drug-likeness (QED) is 0.805. The topological polar surface area (TPSA) is 99.1 Å². The third-order valence-electron chi connectivity index (χ3n) is 3.56.